The van der Waals surface area contributed by atoms with Crippen molar-refractivity contribution in [2.24, 2.45) is 5.92 Å². The standard InChI is InChI=1S/C15H12FNO2/c16-12-6-5-10(9-18)7-14(12)17-13-4-2-1-3-11(13)8-15(17)19/h1-2,4-7,9,11H,3,8H2. The summed E-state index contributed by atoms with van der Waals surface area (Å²) in [6.45, 7) is 0. The fourth-order valence-corrected chi connectivity index (χ4v) is 2.61. The minimum absolute atomic E-state index is 0.122. The van der Waals surface area contributed by atoms with Crippen molar-refractivity contribution in [1.29, 1.82) is 0 Å². The lowest BCUT2D eigenvalue weighted by atomic mass is 9.97. The summed E-state index contributed by atoms with van der Waals surface area (Å²) >= 11 is 0. The Morgan fingerprint density at radius 2 is 2.21 bits per heavy atom. The second-order valence-electron chi connectivity index (χ2n) is 4.71. The Labute approximate surface area is 110 Å². The Morgan fingerprint density at radius 1 is 1.37 bits per heavy atom. The molecule has 3 nitrogen and oxygen atoms in total. The van der Waals surface area contributed by atoms with Gasteiger partial charge in [0.15, 0.2) is 0 Å². The molecule has 0 spiro atoms. The van der Waals surface area contributed by atoms with E-state index in [2.05, 4.69) is 0 Å². The SMILES string of the molecule is O=Cc1ccc(F)c(N2C(=O)CC3CC=CC=C32)c1. The van der Waals surface area contributed by atoms with Gasteiger partial charge in [0, 0.05) is 23.6 Å². The van der Waals surface area contributed by atoms with Crippen LogP contribution in [-0.2, 0) is 4.79 Å². The summed E-state index contributed by atoms with van der Waals surface area (Å²) in [5.74, 6) is -0.492. The van der Waals surface area contributed by atoms with E-state index in [9.17, 15) is 14.0 Å². The summed E-state index contributed by atoms with van der Waals surface area (Å²) in [6.07, 6.45) is 7.55. The summed E-state index contributed by atoms with van der Waals surface area (Å²) in [5, 5.41) is 0. The molecule has 0 aromatic heterocycles. The van der Waals surface area contributed by atoms with Crippen molar-refractivity contribution in [1.82, 2.24) is 0 Å². The third-order valence-electron chi connectivity index (χ3n) is 3.52. The van der Waals surface area contributed by atoms with Gasteiger partial charge in [0.25, 0.3) is 0 Å². The second-order valence-corrected chi connectivity index (χ2v) is 4.71. The third kappa shape index (κ3) is 1.89. The van der Waals surface area contributed by atoms with Gasteiger partial charge in [-0.1, -0.05) is 12.2 Å². The molecule has 1 aliphatic heterocycles. The predicted octanol–water partition coefficient (Wildman–Crippen LogP) is 2.83. The quantitative estimate of drug-likeness (QED) is 0.764. The zero-order valence-corrected chi connectivity index (χ0v) is 10.2. The Balaban J connectivity index is 2.10. The fraction of sp³-hybridized carbons (Fsp3) is 0.200. The molecule has 1 fully saturated rings. The van der Waals surface area contributed by atoms with Gasteiger partial charge >= 0.3 is 0 Å². The Bertz CT molecular complexity index is 619. The number of anilines is 1. The molecule has 1 aromatic carbocycles. The number of halogens is 1. The van der Waals surface area contributed by atoms with E-state index in [1.54, 1.807) is 0 Å². The number of fused-ring (bicyclic) bond motifs is 1. The molecule has 1 saturated heterocycles. The smallest absolute Gasteiger partial charge is 0.232 e. The molecule has 1 atom stereocenters. The molecule has 0 bridgehead atoms. The Morgan fingerprint density at radius 3 is 3.00 bits per heavy atom. The molecule has 0 N–H and O–H groups in total. The third-order valence-corrected chi connectivity index (χ3v) is 3.52. The lowest BCUT2D eigenvalue weighted by molar-refractivity contribution is -0.117. The summed E-state index contributed by atoms with van der Waals surface area (Å²) in [4.78, 5) is 24.3. The molecule has 1 heterocycles. The zero-order valence-electron chi connectivity index (χ0n) is 10.2. The van der Waals surface area contributed by atoms with E-state index >= 15 is 0 Å². The number of benzene rings is 1. The fourth-order valence-electron chi connectivity index (χ4n) is 2.61. The van der Waals surface area contributed by atoms with Gasteiger partial charge in [0.05, 0.1) is 5.69 Å². The molecule has 1 aromatic rings. The van der Waals surface area contributed by atoms with Crippen LogP contribution < -0.4 is 4.90 Å². The maximum atomic E-state index is 13.9. The molecule has 1 amide bonds. The van der Waals surface area contributed by atoms with Gasteiger partial charge in [-0.25, -0.2) is 4.39 Å². The average Bonchev–Trinajstić information content (AvgIpc) is 2.75. The van der Waals surface area contributed by atoms with Gasteiger partial charge in [0.1, 0.15) is 12.1 Å². The van der Waals surface area contributed by atoms with Crippen molar-refractivity contribution in [2.45, 2.75) is 12.8 Å². The second kappa shape index (κ2) is 4.46. The highest BCUT2D eigenvalue weighted by Gasteiger charge is 2.37. The Kier molecular flexibility index (Phi) is 2.78. The van der Waals surface area contributed by atoms with Crippen molar-refractivity contribution in [3.05, 3.63) is 53.5 Å². The van der Waals surface area contributed by atoms with E-state index in [1.807, 2.05) is 18.2 Å². The van der Waals surface area contributed by atoms with Gasteiger partial charge in [-0.2, -0.15) is 0 Å². The topological polar surface area (TPSA) is 37.4 Å². The number of aldehydes is 1. The molecule has 0 saturated carbocycles. The van der Waals surface area contributed by atoms with Crippen LogP contribution in [0.4, 0.5) is 10.1 Å². The van der Waals surface area contributed by atoms with Crippen LogP contribution in [0.15, 0.2) is 42.1 Å². The molecular formula is C15H12FNO2. The number of amides is 1. The molecule has 19 heavy (non-hydrogen) atoms. The maximum absolute atomic E-state index is 13.9. The highest BCUT2D eigenvalue weighted by atomic mass is 19.1. The molecule has 3 rings (SSSR count). The van der Waals surface area contributed by atoms with Crippen molar-refractivity contribution < 1.29 is 14.0 Å². The van der Waals surface area contributed by atoms with Gasteiger partial charge in [-0.15, -0.1) is 0 Å². The van der Waals surface area contributed by atoms with Crippen LogP contribution in [0.1, 0.15) is 23.2 Å². The number of rotatable bonds is 2. The van der Waals surface area contributed by atoms with Crippen LogP contribution in [0, 0.1) is 11.7 Å². The number of carbonyl (C=O) groups excluding carboxylic acids is 2. The first-order valence-electron chi connectivity index (χ1n) is 6.15. The van der Waals surface area contributed by atoms with Gasteiger partial charge in [0.2, 0.25) is 5.91 Å². The highest BCUT2D eigenvalue weighted by Crippen LogP contribution is 2.38. The van der Waals surface area contributed by atoms with Crippen LogP contribution >= 0.6 is 0 Å². The van der Waals surface area contributed by atoms with E-state index in [1.165, 1.54) is 23.1 Å². The van der Waals surface area contributed by atoms with E-state index < -0.39 is 5.82 Å². The Hall–Kier alpha value is -2.23. The molecule has 4 heteroatoms. The molecule has 0 radical (unpaired) electrons. The van der Waals surface area contributed by atoms with E-state index in [4.69, 9.17) is 0 Å². The summed E-state index contributed by atoms with van der Waals surface area (Å²) in [7, 11) is 0. The largest absolute Gasteiger partial charge is 0.298 e. The lowest BCUT2D eigenvalue weighted by Crippen LogP contribution is -2.24. The van der Waals surface area contributed by atoms with Crippen LogP contribution in [0.3, 0.4) is 0 Å². The highest BCUT2D eigenvalue weighted by molar-refractivity contribution is 6.00. The molecule has 2 aliphatic rings. The number of carbonyl (C=O) groups is 2. The lowest BCUT2D eigenvalue weighted by Gasteiger charge is -2.22. The summed E-state index contributed by atoms with van der Waals surface area (Å²) in [5.41, 5.74) is 1.34. The summed E-state index contributed by atoms with van der Waals surface area (Å²) < 4.78 is 13.9. The van der Waals surface area contributed by atoms with E-state index in [0.29, 0.717) is 18.3 Å². The molecule has 1 aliphatic carbocycles. The minimum Gasteiger partial charge on any atom is -0.298 e. The minimum atomic E-state index is -0.491. The molecular weight excluding hydrogens is 245 g/mol. The first-order chi connectivity index (χ1) is 9.20. The van der Waals surface area contributed by atoms with E-state index in [0.717, 1.165) is 12.1 Å². The number of hydrogen-bond acceptors (Lipinski definition) is 2. The number of allylic oxidation sites excluding steroid dienone is 4. The van der Waals surface area contributed by atoms with Crippen LogP contribution in [0.25, 0.3) is 0 Å². The van der Waals surface area contributed by atoms with Crippen LogP contribution in [0.5, 0.6) is 0 Å². The van der Waals surface area contributed by atoms with Crippen molar-refractivity contribution >= 4 is 17.9 Å². The van der Waals surface area contributed by atoms with Crippen molar-refractivity contribution in [2.75, 3.05) is 4.90 Å². The van der Waals surface area contributed by atoms with Gasteiger partial charge in [-0.3, -0.25) is 14.5 Å². The molecule has 96 valence electrons. The van der Waals surface area contributed by atoms with Crippen LogP contribution in [-0.4, -0.2) is 12.2 Å². The molecule has 1 unspecified atom stereocenters. The first-order valence-corrected chi connectivity index (χ1v) is 6.15. The number of nitrogens with zero attached hydrogens (tertiary/aromatic N) is 1. The van der Waals surface area contributed by atoms with E-state index in [-0.39, 0.29) is 17.5 Å². The monoisotopic (exact) mass is 257 g/mol. The maximum Gasteiger partial charge on any atom is 0.232 e. The van der Waals surface area contributed by atoms with Crippen molar-refractivity contribution in [3.63, 3.8) is 0 Å². The predicted molar refractivity (Wildman–Crippen MR) is 69.2 cm³/mol. The van der Waals surface area contributed by atoms with Gasteiger partial charge in [-0.05, 0) is 30.7 Å². The van der Waals surface area contributed by atoms with Crippen molar-refractivity contribution in [3.8, 4) is 0 Å². The van der Waals surface area contributed by atoms with Crippen LogP contribution in [0.2, 0.25) is 0 Å². The zero-order chi connectivity index (χ0) is 13.4. The van der Waals surface area contributed by atoms with Gasteiger partial charge < -0.3 is 0 Å². The normalized spacial score (nSPS) is 21.3. The average molecular weight is 257 g/mol. The summed E-state index contributed by atoms with van der Waals surface area (Å²) in [6, 6.07) is 4.04. The first kappa shape index (κ1) is 11.8. The number of hydrogen-bond donors (Lipinski definition) is 0.